The van der Waals surface area contributed by atoms with Crippen LogP contribution in [-0.4, -0.2) is 12.4 Å². The monoisotopic (exact) mass is 244 g/mol. The van der Waals surface area contributed by atoms with Crippen molar-refractivity contribution < 1.29 is 9.53 Å². The Balaban J connectivity index is 2.80. The van der Waals surface area contributed by atoms with Crippen molar-refractivity contribution >= 4 is 29.0 Å². The molecule has 1 aromatic carbocycles. The number of halogens is 2. The molecule has 0 saturated carbocycles. The summed E-state index contributed by atoms with van der Waals surface area (Å²) in [7, 11) is 0. The third-order valence-corrected chi connectivity index (χ3v) is 2.34. The topological polar surface area (TPSA) is 26.3 Å². The second-order valence-electron chi connectivity index (χ2n) is 2.90. The van der Waals surface area contributed by atoms with E-state index in [9.17, 15) is 4.79 Å². The highest BCUT2D eigenvalue weighted by molar-refractivity contribution is 6.36. The van der Waals surface area contributed by atoms with Crippen LogP contribution < -0.4 is 4.74 Å². The number of rotatable bonds is 4. The lowest BCUT2D eigenvalue weighted by molar-refractivity contribution is 0.101. The van der Waals surface area contributed by atoms with E-state index >= 15 is 0 Å². The van der Waals surface area contributed by atoms with E-state index < -0.39 is 0 Å². The second-order valence-corrected chi connectivity index (χ2v) is 3.60. The summed E-state index contributed by atoms with van der Waals surface area (Å²) >= 11 is 11.0. The molecule has 0 bridgehead atoms. The first-order valence-electron chi connectivity index (χ1n) is 4.32. The van der Waals surface area contributed by atoms with E-state index in [2.05, 4.69) is 0 Å². The summed E-state index contributed by atoms with van der Waals surface area (Å²) in [6.45, 7) is 1.65. The summed E-state index contributed by atoms with van der Waals surface area (Å²) in [4.78, 5) is 11.2. The Morgan fingerprint density at radius 1 is 1.47 bits per heavy atom. The van der Waals surface area contributed by atoms with E-state index in [-0.39, 0.29) is 12.4 Å². The maximum Gasteiger partial charge on any atom is 0.163 e. The van der Waals surface area contributed by atoms with Gasteiger partial charge in [0.25, 0.3) is 0 Å². The molecule has 2 nitrogen and oxygen atoms in total. The van der Waals surface area contributed by atoms with Crippen molar-refractivity contribution in [3.8, 4) is 5.75 Å². The molecule has 0 aliphatic carbocycles. The van der Waals surface area contributed by atoms with Gasteiger partial charge in [0, 0.05) is 5.54 Å². The lowest BCUT2D eigenvalue weighted by Crippen LogP contribution is -2.02. The predicted octanol–water partition coefficient (Wildman–Crippen LogP) is 3.59. The normalized spacial score (nSPS) is 11.3. The molecule has 1 rings (SSSR count). The first kappa shape index (κ1) is 12.1. The number of para-hydroxylation sites is 1. The maximum absolute atomic E-state index is 11.2. The fraction of sp³-hybridized carbons (Fsp3) is 0.182. The SMILES string of the molecule is CC(=O)c1ccccc1OCC(Cl)=CCl. The molecule has 0 amide bonds. The zero-order chi connectivity index (χ0) is 11.3. The van der Waals surface area contributed by atoms with Crippen LogP contribution in [0.15, 0.2) is 34.8 Å². The Morgan fingerprint density at radius 2 is 2.13 bits per heavy atom. The summed E-state index contributed by atoms with van der Waals surface area (Å²) < 4.78 is 5.35. The molecule has 0 saturated heterocycles. The maximum atomic E-state index is 11.2. The van der Waals surface area contributed by atoms with Crippen LogP contribution in [0, 0.1) is 0 Å². The minimum Gasteiger partial charge on any atom is -0.487 e. The predicted molar refractivity (Wildman–Crippen MR) is 61.7 cm³/mol. The zero-order valence-corrected chi connectivity index (χ0v) is 9.68. The molecule has 0 N–H and O–H groups in total. The summed E-state index contributed by atoms with van der Waals surface area (Å²) in [5.74, 6) is 0.471. The summed E-state index contributed by atoms with van der Waals surface area (Å²) in [6, 6.07) is 6.99. The fourth-order valence-corrected chi connectivity index (χ4v) is 1.18. The van der Waals surface area contributed by atoms with Crippen LogP contribution in [-0.2, 0) is 0 Å². The van der Waals surface area contributed by atoms with Crippen molar-refractivity contribution in [2.45, 2.75) is 6.92 Å². The minimum absolute atomic E-state index is 0.0448. The number of carbonyl (C=O) groups excluding carboxylic acids is 1. The fourth-order valence-electron chi connectivity index (χ4n) is 1.06. The quantitative estimate of drug-likeness (QED) is 0.757. The van der Waals surface area contributed by atoms with Gasteiger partial charge in [0.2, 0.25) is 0 Å². The lowest BCUT2D eigenvalue weighted by atomic mass is 10.1. The number of benzene rings is 1. The Kier molecular flexibility index (Phi) is 4.66. The molecule has 0 spiro atoms. The average molecular weight is 245 g/mol. The first-order chi connectivity index (χ1) is 7.15. The van der Waals surface area contributed by atoms with Gasteiger partial charge in [-0.05, 0) is 19.1 Å². The van der Waals surface area contributed by atoms with Crippen LogP contribution in [0.5, 0.6) is 5.75 Å². The van der Waals surface area contributed by atoms with Gasteiger partial charge in [-0.1, -0.05) is 35.3 Å². The van der Waals surface area contributed by atoms with Gasteiger partial charge in [-0.2, -0.15) is 0 Å². The average Bonchev–Trinajstić information content (AvgIpc) is 2.26. The number of hydrogen-bond donors (Lipinski definition) is 0. The molecular formula is C11H10Cl2O2. The van der Waals surface area contributed by atoms with Crippen molar-refractivity contribution in [1.29, 1.82) is 0 Å². The Hall–Kier alpha value is -0.990. The van der Waals surface area contributed by atoms with Gasteiger partial charge in [-0.3, -0.25) is 4.79 Å². The van der Waals surface area contributed by atoms with Gasteiger partial charge in [0.05, 0.1) is 10.6 Å². The standard InChI is InChI=1S/C11H10Cl2O2/c1-8(14)10-4-2-3-5-11(10)15-7-9(13)6-12/h2-6H,7H2,1H3. The van der Waals surface area contributed by atoms with E-state index in [4.69, 9.17) is 27.9 Å². The molecule has 1 aromatic rings. The highest BCUT2D eigenvalue weighted by Gasteiger charge is 2.07. The highest BCUT2D eigenvalue weighted by atomic mass is 35.5. The Labute approximate surface area is 98.4 Å². The second kappa shape index (κ2) is 5.79. The summed E-state index contributed by atoms with van der Waals surface area (Å²) in [6.07, 6.45) is 0. The van der Waals surface area contributed by atoms with Crippen molar-refractivity contribution in [3.63, 3.8) is 0 Å². The van der Waals surface area contributed by atoms with Crippen molar-refractivity contribution in [2.24, 2.45) is 0 Å². The highest BCUT2D eigenvalue weighted by Crippen LogP contribution is 2.19. The Morgan fingerprint density at radius 3 is 2.73 bits per heavy atom. The number of carbonyl (C=O) groups is 1. The van der Waals surface area contributed by atoms with E-state index in [1.54, 1.807) is 24.3 Å². The Bertz CT molecular complexity index is 386. The molecule has 0 aromatic heterocycles. The smallest absolute Gasteiger partial charge is 0.163 e. The van der Waals surface area contributed by atoms with Crippen LogP contribution in [0.3, 0.4) is 0 Å². The lowest BCUT2D eigenvalue weighted by Gasteiger charge is -2.08. The minimum atomic E-state index is -0.0448. The molecule has 0 unspecified atom stereocenters. The number of hydrogen-bond acceptors (Lipinski definition) is 2. The van der Waals surface area contributed by atoms with Crippen LogP contribution in [0.25, 0.3) is 0 Å². The third-order valence-electron chi connectivity index (χ3n) is 1.75. The number of Topliss-reactive ketones (excluding diaryl/α,β-unsaturated/α-hetero) is 1. The molecular weight excluding hydrogens is 235 g/mol. The van der Waals surface area contributed by atoms with Crippen molar-refractivity contribution in [3.05, 3.63) is 40.4 Å². The molecule has 0 atom stereocenters. The molecule has 0 aliphatic rings. The van der Waals surface area contributed by atoms with Crippen LogP contribution in [0.1, 0.15) is 17.3 Å². The van der Waals surface area contributed by atoms with Gasteiger partial charge < -0.3 is 4.74 Å². The van der Waals surface area contributed by atoms with E-state index in [0.717, 1.165) is 0 Å². The van der Waals surface area contributed by atoms with E-state index in [1.807, 2.05) is 0 Å². The number of ketones is 1. The zero-order valence-electron chi connectivity index (χ0n) is 8.17. The molecule has 0 fully saturated rings. The van der Waals surface area contributed by atoms with Crippen LogP contribution in [0.4, 0.5) is 0 Å². The summed E-state index contributed by atoms with van der Waals surface area (Å²) in [5.41, 5.74) is 1.77. The van der Waals surface area contributed by atoms with Gasteiger partial charge in [-0.25, -0.2) is 0 Å². The van der Waals surface area contributed by atoms with Crippen LogP contribution >= 0.6 is 23.2 Å². The first-order valence-corrected chi connectivity index (χ1v) is 5.14. The van der Waals surface area contributed by atoms with Gasteiger partial charge in [0.15, 0.2) is 5.78 Å². The molecule has 15 heavy (non-hydrogen) atoms. The van der Waals surface area contributed by atoms with Crippen molar-refractivity contribution in [1.82, 2.24) is 0 Å². The van der Waals surface area contributed by atoms with E-state index in [0.29, 0.717) is 16.3 Å². The van der Waals surface area contributed by atoms with Crippen molar-refractivity contribution in [2.75, 3.05) is 6.61 Å². The van der Waals surface area contributed by atoms with Gasteiger partial charge in [-0.15, -0.1) is 0 Å². The molecule has 0 aliphatic heterocycles. The molecule has 0 radical (unpaired) electrons. The molecule has 80 valence electrons. The van der Waals surface area contributed by atoms with E-state index in [1.165, 1.54) is 12.5 Å². The molecule has 0 heterocycles. The van der Waals surface area contributed by atoms with Crippen LogP contribution in [0.2, 0.25) is 0 Å². The number of ether oxygens (including phenoxy) is 1. The molecule has 4 heteroatoms. The van der Waals surface area contributed by atoms with Gasteiger partial charge in [0.1, 0.15) is 12.4 Å². The van der Waals surface area contributed by atoms with Gasteiger partial charge >= 0.3 is 0 Å². The largest absolute Gasteiger partial charge is 0.487 e. The third kappa shape index (κ3) is 3.57. The summed E-state index contributed by atoms with van der Waals surface area (Å²) in [5, 5.41) is 0.384.